The lowest BCUT2D eigenvalue weighted by atomic mass is 10.2. The number of aromatic nitrogens is 2. The maximum absolute atomic E-state index is 12.4. The van der Waals surface area contributed by atoms with Gasteiger partial charge >= 0.3 is 0 Å². The van der Waals surface area contributed by atoms with Crippen LogP contribution < -0.4 is 15.4 Å². The van der Waals surface area contributed by atoms with Crippen LogP contribution in [0.2, 0.25) is 0 Å². The molecule has 2 aromatic carbocycles. The summed E-state index contributed by atoms with van der Waals surface area (Å²) in [6, 6.07) is 17.9. The summed E-state index contributed by atoms with van der Waals surface area (Å²) >= 11 is 0. The third kappa shape index (κ3) is 4.67. The van der Waals surface area contributed by atoms with Crippen molar-refractivity contribution >= 4 is 17.3 Å². The number of carbonyl (C=O) groups is 1. The van der Waals surface area contributed by atoms with E-state index in [2.05, 4.69) is 20.8 Å². The predicted molar refractivity (Wildman–Crippen MR) is 111 cm³/mol. The summed E-state index contributed by atoms with van der Waals surface area (Å²) in [7, 11) is 0. The molecular formula is C22H20N4O4. The maximum atomic E-state index is 12.4. The Morgan fingerprint density at radius 1 is 1.03 bits per heavy atom. The van der Waals surface area contributed by atoms with Crippen molar-refractivity contribution in [1.82, 2.24) is 10.1 Å². The number of hydrogen-bond donors (Lipinski definition) is 2. The van der Waals surface area contributed by atoms with Crippen LogP contribution in [-0.4, -0.2) is 22.7 Å². The van der Waals surface area contributed by atoms with Gasteiger partial charge in [-0.3, -0.25) is 4.79 Å². The van der Waals surface area contributed by atoms with E-state index < -0.39 is 0 Å². The van der Waals surface area contributed by atoms with Crippen LogP contribution in [0.15, 0.2) is 75.9 Å². The molecule has 30 heavy (non-hydrogen) atoms. The third-order valence-electron chi connectivity index (χ3n) is 4.22. The van der Waals surface area contributed by atoms with Crippen molar-refractivity contribution in [2.24, 2.45) is 0 Å². The van der Waals surface area contributed by atoms with E-state index in [-0.39, 0.29) is 5.91 Å². The Bertz CT molecular complexity index is 1090. The Balaban J connectivity index is 1.31. The van der Waals surface area contributed by atoms with E-state index in [1.54, 1.807) is 42.7 Å². The highest BCUT2D eigenvalue weighted by atomic mass is 16.5. The quantitative estimate of drug-likeness (QED) is 0.443. The molecule has 1 amide bonds. The first-order chi connectivity index (χ1) is 14.7. The second-order valence-electron chi connectivity index (χ2n) is 6.33. The Morgan fingerprint density at radius 2 is 1.80 bits per heavy atom. The van der Waals surface area contributed by atoms with Crippen molar-refractivity contribution < 1.29 is 18.5 Å². The lowest BCUT2D eigenvalue weighted by Crippen LogP contribution is -2.11. The lowest BCUT2D eigenvalue weighted by Gasteiger charge is -2.08. The Hall–Kier alpha value is -4.07. The van der Waals surface area contributed by atoms with Gasteiger partial charge in [0.05, 0.1) is 19.4 Å². The molecule has 0 bridgehead atoms. The summed E-state index contributed by atoms with van der Waals surface area (Å²) in [5.41, 5.74) is 2.08. The van der Waals surface area contributed by atoms with Crippen LogP contribution in [0.4, 0.5) is 11.4 Å². The minimum atomic E-state index is -0.189. The Labute approximate surface area is 172 Å². The smallest absolute Gasteiger partial charge is 0.255 e. The molecule has 0 atom stereocenters. The van der Waals surface area contributed by atoms with Gasteiger partial charge in [-0.1, -0.05) is 5.16 Å². The first kappa shape index (κ1) is 19.3. The van der Waals surface area contributed by atoms with Crippen LogP contribution in [0.3, 0.4) is 0 Å². The van der Waals surface area contributed by atoms with Gasteiger partial charge < -0.3 is 24.3 Å². The molecule has 0 spiro atoms. The standard InChI is InChI=1S/C22H20N4O4/c1-2-28-18-11-9-17(10-12-18)24-22(27)15-5-7-16(8-6-15)23-14-20-25-21(26-30-20)19-4-3-13-29-19/h3-13,23H,2,14H2,1H3,(H,24,27). The molecule has 8 nitrogen and oxygen atoms in total. The third-order valence-corrected chi connectivity index (χ3v) is 4.22. The molecule has 0 aliphatic carbocycles. The molecule has 0 fully saturated rings. The summed E-state index contributed by atoms with van der Waals surface area (Å²) in [6.45, 7) is 2.88. The maximum Gasteiger partial charge on any atom is 0.255 e. The van der Waals surface area contributed by atoms with E-state index in [9.17, 15) is 4.79 Å². The van der Waals surface area contributed by atoms with Crippen molar-refractivity contribution in [2.45, 2.75) is 13.5 Å². The van der Waals surface area contributed by atoms with Gasteiger partial charge in [-0.15, -0.1) is 0 Å². The van der Waals surface area contributed by atoms with Crippen LogP contribution in [0.25, 0.3) is 11.6 Å². The van der Waals surface area contributed by atoms with E-state index in [1.165, 1.54) is 0 Å². The van der Waals surface area contributed by atoms with E-state index >= 15 is 0 Å². The zero-order valence-electron chi connectivity index (χ0n) is 16.3. The molecule has 4 aromatic rings. The SMILES string of the molecule is CCOc1ccc(NC(=O)c2ccc(NCc3nc(-c4ccco4)no3)cc2)cc1. The van der Waals surface area contributed by atoms with Crippen molar-refractivity contribution in [1.29, 1.82) is 0 Å². The highest BCUT2D eigenvalue weighted by Gasteiger charge is 2.11. The van der Waals surface area contributed by atoms with E-state index in [1.807, 2.05) is 31.2 Å². The number of anilines is 2. The van der Waals surface area contributed by atoms with Crippen molar-refractivity contribution in [2.75, 3.05) is 17.2 Å². The van der Waals surface area contributed by atoms with Crippen LogP contribution in [0, 0.1) is 0 Å². The largest absolute Gasteiger partial charge is 0.494 e. The molecule has 0 unspecified atom stereocenters. The summed E-state index contributed by atoms with van der Waals surface area (Å²) < 4.78 is 15.8. The lowest BCUT2D eigenvalue weighted by molar-refractivity contribution is 0.102. The number of benzene rings is 2. The van der Waals surface area contributed by atoms with Gasteiger partial charge in [0.1, 0.15) is 5.75 Å². The number of nitrogens with zero attached hydrogens (tertiary/aromatic N) is 2. The summed E-state index contributed by atoms with van der Waals surface area (Å²) in [5.74, 6) is 1.96. The number of rotatable bonds is 8. The molecule has 0 radical (unpaired) electrons. The fourth-order valence-electron chi connectivity index (χ4n) is 2.75. The molecule has 2 N–H and O–H groups in total. The number of furan rings is 1. The summed E-state index contributed by atoms with van der Waals surface area (Å²) in [6.07, 6.45) is 1.55. The van der Waals surface area contributed by atoms with Gasteiger partial charge in [0, 0.05) is 16.9 Å². The molecule has 152 valence electrons. The topological polar surface area (TPSA) is 102 Å². The number of carbonyl (C=O) groups excluding carboxylic acids is 1. The van der Waals surface area contributed by atoms with Gasteiger partial charge in [-0.2, -0.15) is 4.98 Å². The van der Waals surface area contributed by atoms with Crippen LogP contribution >= 0.6 is 0 Å². The fourth-order valence-corrected chi connectivity index (χ4v) is 2.75. The van der Waals surface area contributed by atoms with E-state index in [4.69, 9.17) is 13.7 Å². The highest BCUT2D eigenvalue weighted by molar-refractivity contribution is 6.04. The summed E-state index contributed by atoms with van der Waals surface area (Å²) in [4.78, 5) is 16.7. The molecule has 2 heterocycles. The highest BCUT2D eigenvalue weighted by Crippen LogP contribution is 2.18. The molecule has 0 aliphatic heterocycles. The Kier molecular flexibility index (Phi) is 5.75. The first-order valence-electron chi connectivity index (χ1n) is 9.46. The van der Waals surface area contributed by atoms with E-state index in [0.29, 0.717) is 41.9 Å². The predicted octanol–water partition coefficient (Wildman–Crippen LogP) is 4.59. The van der Waals surface area contributed by atoms with Crippen LogP contribution in [0.1, 0.15) is 23.2 Å². The fraction of sp³-hybridized carbons (Fsp3) is 0.136. The number of ether oxygens (including phenoxy) is 1. The number of hydrogen-bond acceptors (Lipinski definition) is 7. The molecule has 8 heteroatoms. The molecule has 4 rings (SSSR count). The van der Waals surface area contributed by atoms with Gasteiger partial charge in [0.2, 0.25) is 11.7 Å². The number of amides is 1. The molecule has 0 saturated carbocycles. The number of nitrogens with one attached hydrogen (secondary N) is 2. The zero-order valence-corrected chi connectivity index (χ0v) is 16.3. The van der Waals surface area contributed by atoms with Crippen molar-refractivity contribution in [3.05, 3.63) is 78.4 Å². The minimum absolute atomic E-state index is 0.189. The minimum Gasteiger partial charge on any atom is -0.494 e. The second-order valence-corrected chi connectivity index (χ2v) is 6.33. The van der Waals surface area contributed by atoms with Crippen molar-refractivity contribution in [3.8, 4) is 17.3 Å². The molecular weight excluding hydrogens is 384 g/mol. The molecule has 0 saturated heterocycles. The van der Waals surface area contributed by atoms with Gasteiger partial charge in [0.15, 0.2) is 5.76 Å². The monoisotopic (exact) mass is 404 g/mol. The normalized spacial score (nSPS) is 10.6. The zero-order chi connectivity index (χ0) is 20.8. The second kappa shape index (κ2) is 8.95. The van der Waals surface area contributed by atoms with Gasteiger partial charge in [-0.25, -0.2) is 0 Å². The molecule has 2 aromatic heterocycles. The van der Waals surface area contributed by atoms with E-state index in [0.717, 1.165) is 11.4 Å². The average Bonchev–Trinajstić information content (AvgIpc) is 3.46. The molecule has 0 aliphatic rings. The summed E-state index contributed by atoms with van der Waals surface area (Å²) in [5, 5.41) is 9.93. The van der Waals surface area contributed by atoms with Crippen LogP contribution in [-0.2, 0) is 6.54 Å². The average molecular weight is 404 g/mol. The van der Waals surface area contributed by atoms with Gasteiger partial charge in [-0.05, 0) is 67.6 Å². The van der Waals surface area contributed by atoms with Gasteiger partial charge in [0.25, 0.3) is 5.91 Å². The van der Waals surface area contributed by atoms with Crippen LogP contribution in [0.5, 0.6) is 5.75 Å². The first-order valence-corrected chi connectivity index (χ1v) is 9.46. The Morgan fingerprint density at radius 3 is 2.50 bits per heavy atom. The van der Waals surface area contributed by atoms with Crippen molar-refractivity contribution in [3.63, 3.8) is 0 Å².